The summed E-state index contributed by atoms with van der Waals surface area (Å²) in [5.74, 6) is 1.20. The Bertz CT molecular complexity index is 679. The first kappa shape index (κ1) is 15.6. The number of benzene rings is 1. The number of hydrazone groups is 1. The van der Waals surface area contributed by atoms with Crippen LogP contribution in [-0.4, -0.2) is 16.3 Å². The van der Waals surface area contributed by atoms with Crippen molar-refractivity contribution in [2.45, 2.75) is 32.6 Å². The molecule has 0 amide bonds. The van der Waals surface area contributed by atoms with E-state index in [0.717, 1.165) is 18.4 Å². The van der Waals surface area contributed by atoms with Gasteiger partial charge >= 0.3 is 0 Å². The number of nitriles is 1. The van der Waals surface area contributed by atoms with Gasteiger partial charge in [-0.3, -0.25) is 0 Å². The first-order chi connectivity index (χ1) is 10.7. The third-order valence-corrected chi connectivity index (χ3v) is 3.36. The number of nitrogens with zero attached hydrogens (tertiary/aromatic N) is 3. The van der Waals surface area contributed by atoms with Crippen LogP contribution in [-0.2, 0) is 0 Å². The highest BCUT2D eigenvalue weighted by Gasteiger charge is 2.18. The first-order valence-electron chi connectivity index (χ1n) is 7.16. The number of hydrogen-bond donors (Lipinski definition) is 2. The molecule has 0 fully saturated rings. The second-order valence-electron chi connectivity index (χ2n) is 4.82. The van der Waals surface area contributed by atoms with Crippen molar-refractivity contribution in [2.75, 3.05) is 5.43 Å². The summed E-state index contributed by atoms with van der Waals surface area (Å²) in [6.45, 7) is 4.11. The van der Waals surface area contributed by atoms with Crippen LogP contribution in [0, 0.1) is 11.3 Å². The molecule has 0 aliphatic rings. The molecular weight excluding hydrogens is 280 g/mol. The zero-order valence-electron chi connectivity index (χ0n) is 12.6. The Labute approximate surface area is 129 Å². The number of anilines is 1. The lowest BCUT2D eigenvalue weighted by molar-refractivity contribution is 0.439. The highest BCUT2D eigenvalue weighted by molar-refractivity contribution is 5.80. The van der Waals surface area contributed by atoms with Crippen LogP contribution in [0.3, 0.4) is 0 Å². The van der Waals surface area contributed by atoms with Crippen molar-refractivity contribution in [1.82, 2.24) is 4.98 Å². The molecule has 0 aliphatic heterocycles. The van der Waals surface area contributed by atoms with Gasteiger partial charge in [0.2, 0.25) is 11.6 Å². The molecule has 6 nitrogen and oxygen atoms in total. The average molecular weight is 298 g/mol. The molecule has 0 radical (unpaired) electrons. The van der Waals surface area contributed by atoms with Crippen LogP contribution < -0.4 is 5.43 Å². The summed E-state index contributed by atoms with van der Waals surface area (Å²) in [4.78, 5) is 4.21. The second kappa shape index (κ2) is 7.27. The van der Waals surface area contributed by atoms with Gasteiger partial charge in [0, 0.05) is 5.92 Å². The lowest BCUT2D eigenvalue weighted by atomic mass is 10.0. The van der Waals surface area contributed by atoms with E-state index in [4.69, 9.17) is 9.68 Å². The fourth-order valence-corrected chi connectivity index (χ4v) is 2.03. The van der Waals surface area contributed by atoms with Crippen molar-refractivity contribution < 1.29 is 9.52 Å². The summed E-state index contributed by atoms with van der Waals surface area (Å²) in [5, 5.41) is 22.4. The van der Waals surface area contributed by atoms with E-state index in [2.05, 4.69) is 29.4 Å². The number of phenols is 1. The smallest absolute Gasteiger partial charge is 0.252 e. The third kappa shape index (κ3) is 3.64. The van der Waals surface area contributed by atoms with Gasteiger partial charge in [0.05, 0.1) is 6.21 Å². The third-order valence-electron chi connectivity index (χ3n) is 3.36. The Kier molecular flexibility index (Phi) is 5.15. The summed E-state index contributed by atoms with van der Waals surface area (Å²) in [6.07, 6.45) is 3.37. The monoisotopic (exact) mass is 298 g/mol. The summed E-state index contributed by atoms with van der Waals surface area (Å²) in [7, 11) is 0. The Balaban J connectivity index is 2.12. The number of oxazole rings is 1. The van der Waals surface area contributed by atoms with Crippen molar-refractivity contribution in [2.24, 2.45) is 5.10 Å². The van der Waals surface area contributed by atoms with Crippen LogP contribution in [0.2, 0.25) is 0 Å². The fourth-order valence-electron chi connectivity index (χ4n) is 2.03. The predicted molar refractivity (Wildman–Crippen MR) is 83.9 cm³/mol. The van der Waals surface area contributed by atoms with E-state index in [9.17, 15) is 5.11 Å². The number of nitrogens with one attached hydrogen (secondary N) is 1. The maximum Gasteiger partial charge on any atom is 0.252 e. The highest BCUT2D eigenvalue weighted by Crippen LogP contribution is 2.27. The van der Waals surface area contributed by atoms with E-state index in [0.29, 0.717) is 5.89 Å². The van der Waals surface area contributed by atoms with Gasteiger partial charge in [0.15, 0.2) is 0 Å². The van der Waals surface area contributed by atoms with Crippen molar-refractivity contribution in [3.8, 4) is 11.8 Å². The number of aromatic hydroxyl groups is 1. The van der Waals surface area contributed by atoms with Crippen LogP contribution >= 0.6 is 0 Å². The van der Waals surface area contributed by atoms with Crippen LogP contribution in [0.5, 0.6) is 5.75 Å². The molecule has 6 heteroatoms. The second-order valence-corrected chi connectivity index (χ2v) is 4.82. The van der Waals surface area contributed by atoms with Gasteiger partial charge in [-0.15, -0.1) is 0 Å². The maximum absolute atomic E-state index is 9.21. The van der Waals surface area contributed by atoms with Crippen molar-refractivity contribution in [3.05, 3.63) is 41.4 Å². The Morgan fingerprint density at radius 3 is 2.64 bits per heavy atom. The molecule has 0 atom stereocenters. The molecule has 0 saturated carbocycles. The maximum atomic E-state index is 9.21. The average Bonchev–Trinajstić information content (AvgIpc) is 2.94. The molecule has 2 N–H and O–H groups in total. The summed E-state index contributed by atoms with van der Waals surface area (Å²) in [5.41, 5.74) is 3.71. The Hall–Kier alpha value is -2.81. The van der Waals surface area contributed by atoms with Crippen molar-refractivity contribution >= 4 is 12.1 Å². The molecular formula is C16H18N4O2. The van der Waals surface area contributed by atoms with E-state index in [1.54, 1.807) is 30.5 Å². The normalized spacial score (nSPS) is 11.0. The van der Waals surface area contributed by atoms with E-state index >= 15 is 0 Å². The lowest BCUT2D eigenvalue weighted by Gasteiger charge is -2.05. The molecule has 114 valence electrons. The largest absolute Gasteiger partial charge is 0.508 e. The molecule has 2 aromatic rings. The molecule has 0 saturated heterocycles. The van der Waals surface area contributed by atoms with Crippen LogP contribution in [0.4, 0.5) is 5.88 Å². The van der Waals surface area contributed by atoms with E-state index < -0.39 is 0 Å². The van der Waals surface area contributed by atoms with Gasteiger partial charge in [0.1, 0.15) is 11.8 Å². The van der Waals surface area contributed by atoms with Gasteiger partial charge in [0.25, 0.3) is 5.88 Å². The number of rotatable bonds is 6. The molecule has 1 aromatic carbocycles. The SMILES string of the molecule is CCC(CC)c1nc(C#N)c(N/N=C/c2ccc(O)cc2)o1. The van der Waals surface area contributed by atoms with Gasteiger partial charge in [-0.2, -0.15) is 10.4 Å². The molecule has 1 heterocycles. The molecule has 22 heavy (non-hydrogen) atoms. The van der Waals surface area contributed by atoms with Gasteiger partial charge in [-0.25, -0.2) is 10.4 Å². The molecule has 0 aliphatic carbocycles. The summed E-state index contributed by atoms with van der Waals surface area (Å²) in [6, 6.07) is 8.59. The van der Waals surface area contributed by atoms with Crippen LogP contribution in [0.25, 0.3) is 0 Å². The Morgan fingerprint density at radius 1 is 1.36 bits per heavy atom. The standard InChI is InChI=1S/C16H18N4O2/c1-3-12(4-2)15-19-14(9-17)16(22-15)20-18-10-11-5-7-13(21)8-6-11/h5-8,10,12,20-21H,3-4H2,1-2H3/b18-10+. The molecule has 0 spiro atoms. The van der Waals surface area contributed by atoms with E-state index in [-0.39, 0.29) is 23.2 Å². The zero-order valence-corrected chi connectivity index (χ0v) is 12.6. The number of hydrogen-bond acceptors (Lipinski definition) is 6. The van der Waals surface area contributed by atoms with E-state index in [1.807, 2.05) is 6.07 Å². The van der Waals surface area contributed by atoms with Crippen molar-refractivity contribution in [1.29, 1.82) is 5.26 Å². The first-order valence-corrected chi connectivity index (χ1v) is 7.16. The topological polar surface area (TPSA) is 94.4 Å². The molecule has 2 rings (SSSR count). The minimum absolute atomic E-state index is 0.196. The minimum Gasteiger partial charge on any atom is -0.508 e. The Morgan fingerprint density at radius 2 is 2.05 bits per heavy atom. The number of aromatic nitrogens is 1. The minimum atomic E-state index is 0.196. The summed E-state index contributed by atoms with van der Waals surface area (Å²) < 4.78 is 5.61. The molecule has 0 bridgehead atoms. The highest BCUT2D eigenvalue weighted by atomic mass is 16.4. The lowest BCUT2D eigenvalue weighted by Crippen LogP contribution is -1.95. The van der Waals surface area contributed by atoms with E-state index in [1.165, 1.54) is 0 Å². The zero-order chi connectivity index (χ0) is 15.9. The van der Waals surface area contributed by atoms with Crippen LogP contribution in [0.15, 0.2) is 33.8 Å². The van der Waals surface area contributed by atoms with Crippen molar-refractivity contribution in [3.63, 3.8) is 0 Å². The fraction of sp³-hybridized carbons (Fsp3) is 0.312. The van der Waals surface area contributed by atoms with Gasteiger partial charge in [-0.1, -0.05) is 13.8 Å². The van der Waals surface area contributed by atoms with Crippen LogP contribution in [0.1, 0.15) is 49.8 Å². The number of phenolic OH excluding ortho intramolecular Hbond substituents is 1. The predicted octanol–water partition coefficient (Wildman–Crippen LogP) is 3.60. The van der Waals surface area contributed by atoms with Gasteiger partial charge in [-0.05, 0) is 42.7 Å². The molecule has 1 aromatic heterocycles. The molecule has 0 unspecified atom stereocenters. The quantitative estimate of drug-likeness (QED) is 0.627. The summed E-state index contributed by atoms with van der Waals surface area (Å²) >= 11 is 0. The van der Waals surface area contributed by atoms with Gasteiger partial charge < -0.3 is 9.52 Å².